The second-order valence-electron chi connectivity index (χ2n) is 4.96. The molecule has 2 fully saturated rings. The Balaban J connectivity index is 1.77. The van der Waals surface area contributed by atoms with Gasteiger partial charge in [-0.2, -0.15) is 11.8 Å². The van der Waals surface area contributed by atoms with Crippen molar-refractivity contribution >= 4 is 17.5 Å². The minimum atomic E-state index is 0.487. The predicted molar refractivity (Wildman–Crippen MR) is 65.3 cm³/mol. The van der Waals surface area contributed by atoms with E-state index in [1.807, 2.05) is 0 Å². The van der Waals surface area contributed by atoms with Crippen molar-refractivity contribution in [1.82, 2.24) is 4.90 Å². The van der Waals surface area contributed by atoms with Crippen LogP contribution in [-0.2, 0) is 4.79 Å². The summed E-state index contributed by atoms with van der Waals surface area (Å²) in [5.74, 6) is 3.73. The number of carbonyl (C=O) groups excluding carboxylic acids is 1. The number of Topliss-reactive ketones (excluding diaryl/α,β-unsaturated/α-hetero) is 1. The van der Waals surface area contributed by atoms with Crippen LogP contribution in [0, 0.1) is 5.92 Å². The van der Waals surface area contributed by atoms with Crippen LogP contribution >= 0.6 is 11.8 Å². The van der Waals surface area contributed by atoms with Gasteiger partial charge in [-0.05, 0) is 38.0 Å². The molecule has 0 aromatic carbocycles. The number of nitrogens with zero attached hydrogens (tertiary/aromatic N) is 1. The van der Waals surface area contributed by atoms with Gasteiger partial charge in [-0.1, -0.05) is 0 Å². The molecule has 1 saturated carbocycles. The fourth-order valence-electron chi connectivity index (χ4n) is 2.70. The van der Waals surface area contributed by atoms with Crippen LogP contribution in [0.4, 0.5) is 0 Å². The molecular formula is C12H21NOS. The van der Waals surface area contributed by atoms with Crippen LogP contribution in [0.1, 0.15) is 32.1 Å². The van der Waals surface area contributed by atoms with Crippen LogP contribution in [0.5, 0.6) is 0 Å². The molecule has 15 heavy (non-hydrogen) atoms. The van der Waals surface area contributed by atoms with E-state index in [0.29, 0.717) is 11.7 Å². The molecule has 1 saturated heterocycles. The molecule has 1 aliphatic carbocycles. The molecule has 0 N–H and O–H groups in total. The molecule has 1 aliphatic heterocycles. The van der Waals surface area contributed by atoms with Crippen molar-refractivity contribution in [3.05, 3.63) is 0 Å². The standard InChI is InChI=1S/C12H21NOS/c1-13(11-5-6-15-9-11)8-10-3-2-4-12(14)7-10/h10-11H,2-9H2,1H3. The second-order valence-corrected chi connectivity index (χ2v) is 6.11. The zero-order valence-electron chi connectivity index (χ0n) is 9.58. The van der Waals surface area contributed by atoms with Gasteiger partial charge in [0.1, 0.15) is 5.78 Å². The number of rotatable bonds is 3. The Labute approximate surface area is 96.8 Å². The molecule has 2 atom stereocenters. The fraction of sp³-hybridized carbons (Fsp3) is 0.917. The first-order valence-electron chi connectivity index (χ1n) is 6.05. The first-order valence-corrected chi connectivity index (χ1v) is 7.21. The molecule has 0 aromatic rings. The monoisotopic (exact) mass is 227 g/mol. The summed E-state index contributed by atoms with van der Waals surface area (Å²) in [7, 11) is 2.23. The lowest BCUT2D eigenvalue weighted by atomic mass is 9.88. The fourth-order valence-corrected chi connectivity index (χ4v) is 3.99. The van der Waals surface area contributed by atoms with E-state index < -0.39 is 0 Å². The third-order valence-corrected chi connectivity index (χ3v) is 4.80. The molecule has 2 nitrogen and oxygen atoms in total. The minimum absolute atomic E-state index is 0.487. The molecular weight excluding hydrogens is 206 g/mol. The summed E-state index contributed by atoms with van der Waals surface area (Å²) >= 11 is 2.06. The van der Waals surface area contributed by atoms with Crippen molar-refractivity contribution < 1.29 is 4.79 Å². The number of hydrogen-bond acceptors (Lipinski definition) is 3. The van der Waals surface area contributed by atoms with E-state index in [9.17, 15) is 4.79 Å². The molecule has 2 aliphatic rings. The lowest BCUT2D eigenvalue weighted by molar-refractivity contribution is -0.121. The van der Waals surface area contributed by atoms with Gasteiger partial charge in [-0.25, -0.2) is 0 Å². The Kier molecular flexibility index (Phi) is 4.09. The van der Waals surface area contributed by atoms with Crippen molar-refractivity contribution in [3.8, 4) is 0 Å². The number of ketones is 1. The average Bonchev–Trinajstić information content (AvgIpc) is 2.70. The highest BCUT2D eigenvalue weighted by molar-refractivity contribution is 7.99. The highest BCUT2D eigenvalue weighted by atomic mass is 32.2. The Bertz CT molecular complexity index is 226. The first-order chi connectivity index (χ1) is 7.25. The van der Waals surface area contributed by atoms with Gasteiger partial charge in [-0.15, -0.1) is 0 Å². The van der Waals surface area contributed by atoms with Crippen molar-refractivity contribution in [2.45, 2.75) is 38.1 Å². The SMILES string of the molecule is CN(CC1CCCC(=O)C1)C1CCSC1. The number of carbonyl (C=O) groups is 1. The highest BCUT2D eigenvalue weighted by Gasteiger charge is 2.25. The van der Waals surface area contributed by atoms with Crippen LogP contribution in [0.25, 0.3) is 0 Å². The molecule has 0 bridgehead atoms. The van der Waals surface area contributed by atoms with Gasteiger partial charge in [0.05, 0.1) is 0 Å². The maximum atomic E-state index is 11.4. The predicted octanol–water partition coefficient (Wildman–Crippen LogP) is 2.18. The highest BCUT2D eigenvalue weighted by Crippen LogP contribution is 2.26. The Morgan fingerprint density at radius 1 is 1.47 bits per heavy atom. The zero-order valence-corrected chi connectivity index (χ0v) is 10.4. The van der Waals surface area contributed by atoms with Gasteiger partial charge in [0, 0.05) is 31.2 Å². The average molecular weight is 227 g/mol. The maximum Gasteiger partial charge on any atom is 0.133 e. The summed E-state index contributed by atoms with van der Waals surface area (Å²) in [5.41, 5.74) is 0. The van der Waals surface area contributed by atoms with E-state index in [1.165, 1.54) is 24.3 Å². The topological polar surface area (TPSA) is 20.3 Å². The maximum absolute atomic E-state index is 11.4. The summed E-state index contributed by atoms with van der Waals surface area (Å²) in [6, 6.07) is 0.770. The van der Waals surface area contributed by atoms with Crippen molar-refractivity contribution in [1.29, 1.82) is 0 Å². The van der Waals surface area contributed by atoms with E-state index in [4.69, 9.17) is 0 Å². The summed E-state index contributed by atoms with van der Waals surface area (Å²) in [6.07, 6.45) is 5.39. The van der Waals surface area contributed by atoms with Crippen LogP contribution in [0.15, 0.2) is 0 Å². The van der Waals surface area contributed by atoms with Crippen molar-refractivity contribution in [3.63, 3.8) is 0 Å². The van der Waals surface area contributed by atoms with E-state index in [0.717, 1.165) is 31.8 Å². The normalized spacial score (nSPS) is 32.5. The number of thioether (sulfide) groups is 1. The molecule has 86 valence electrons. The first kappa shape index (κ1) is 11.5. The van der Waals surface area contributed by atoms with E-state index in [2.05, 4.69) is 23.7 Å². The Morgan fingerprint density at radius 3 is 3.00 bits per heavy atom. The van der Waals surface area contributed by atoms with Crippen molar-refractivity contribution in [2.24, 2.45) is 5.92 Å². The number of hydrogen-bond donors (Lipinski definition) is 0. The zero-order chi connectivity index (χ0) is 10.7. The summed E-state index contributed by atoms with van der Waals surface area (Å²) < 4.78 is 0. The third-order valence-electron chi connectivity index (χ3n) is 3.66. The van der Waals surface area contributed by atoms with E-state index in [-0.39, 0.29) is 0 Å². The Morgan fingerprint density at radius 2 is 2.33 bits per heavy atom. The van der Waals surface area contributed by atoms with Crippen LogP contribution in [0.3, 0.4) is 0 Å². The van der Waals surface area contributed by atoms with Crippen LogP contribution in [-0.4, -0.2) is 41.8 Å². The van der Waals surface area contributed by atoms with Gasteiger partial charge in [-0.3, -0.25) is 4.79 Å². The Hall–Kier alpha value is -0.0200. The lowest BCUT2D eigenvalue weighted by Gasteiger charge is -2.30. The van der Waals surface area contributed by atoms with Crippen LogP contribution < -0.4 is 0 Å². The smallest absolute Gasteiger partial charge is 0.133 e. The molecule has 0 radical (unpaired) electrons. The van der Waals surface area contributed by atoms with Gasteiger partial charge in [0.25, 0.3) is 0 Å². The summed E-state index contributed by atoms with van der Waals surface area (Å²) in [5, 5.41) is 0. The molecule has 1 heterocycles. The second kappa shape index (κ2) is 5.35. The van der Waals surface area contributed by atoms with E-state index in [1.54, 1.807) is 0 Å². The third kappa shape index (κ3) is 3.22. The molecule has 3 heteroatoms. The molecule has 0 aromatic heterocycles. The largest absolute Gasteiger partial charge is 0.302 e. The molecule has 0 amide bonds. The molecule has 2 rings (SSSR count). The van der Waals surface area contributed by atoms with E-state index >= 15 is 0 Å². The van der Waals surface area contributed by atoms with Gasteiger partial charge >= 0.3 is 0 Å². The van der Waals surface area contributed by atoms with Gasteiger partial charge in [0.15, 0.2) is 0 Å². The van der Waals surface area contributed by atoms with Crippen LogP contribution in [0.2, 0.25) is 0 Å². The minimum Gasteiger partial charge on any atom is -0.302 e. The van der Waals surface area contributed by atoms with Gasteiger partial charge in [0.2, 0.25) is 0 Å². The molecule has 0 spiro atoms. The summed E-state index contributed by atoms with van der Waals surface area (Å²) in [6.45, 7) is 1.14. The van der Waals surface area contributed by atoms with Crippen molar-refractivity contribution in [2.75, 3.05) is 25.1 Å². The molecule has 2 unspecified atom stereocenters. The van der Waals surface area contributed by atoms with Gasteiger partial charge < -0.3 is 4.90 Å². The lowest BCUT2D eigenvalue weighted by Crippen LogP contribution is -2.37. The summed E-state index contributed by atoms with van der Waals surface area (Å²) in [4.78, 5) is 13.8. The quantitative estimate of drug-likeness (QED) is 0.737.